The van der Waals surface area contributed by atoms with Gasteiger partial charge in [0.2, 0.25) is 11.8 Å². The van der Waals surface area contributed by atoms with E-state index < -0.39 is 5.41 Å². The van der Waals surface area contributed by atoms with Crippen LogP contribution in [0.4, 0.5) is 0 Å². The first-order valence-corrected chi connectivity index (χ1v) is 13.0. The van der Waals surface area contributed by atoms with Crippen LogP contribution in [0, 0.1) is 12.8 Å². The number of nitrogens with one attached hydrogen (secondary N) is 1. The Bertz CT molecular complexity index is 1190. The molecule has 6 nitrogen and oxygen atoms in total. The first-order valence-electron chi connectivity index (χ1n) is 13.0. The van der Waals surface area contributed by atoms with Crippen molar-refractivity contribution >= 4 is 22.8 Å². The molecule has 6 heteroatoms. The Hall–Kier alpha value is -3.15. The van der Waals surface area contributed by atoms with Crippen LogP contribution in [-0.4, -0.2) is 57.8 Å². The van der Waals surface area contributed by atoms with Gasteiger partial charge in [-0.15, -0.1) is 0 Å². The Balaban J connectivity index is 1.43. The van der Waals surface area contributed by atoms with Gasteiger partial charge in [-0.25, -0.2) is 4.98 Å². The highest BCUT2D eigenvalue weighted by molar-refractivity contribution is 5.88. The van der Waals surface area contributed by atoms with Crippen molar-refractivity contribution in [1.29, 1.82) is 0 Å². The summed E-state index contributed by atoms with van der Waals surface area (Å²) in [5.74, 6) is 0.493. The number of aromatic amines is 1. The van der Waals surface area contributed by atoms with E-state index in [-0.39, 0.29) is 17.7 Å². The number of carbonyl (C=O) groups is 2. The second-order valence-corrected chi connectivity index (χ2v) is 10.6. The number of aromatic nitrogens is 2. The quantitative estimate of drug-likeness (QED) is 0.602. The first-order chi connectivity index (χ1) is 16.9. The third-order valence-corrected chi connectivity index (χ3v) is 8.03. The van der Waals surface area contributed by atoms with E-state index in [2.05, 4.69) is 52.1 Å². The monoisotopic (exact) mass is 472 g/mol. The van der Waals surface area contributed by atoms with Gasteiger partial charge in [-0.1, -0.05) is 49.1 Å². The molecule has 0 radical (unpaired) electrons. The zero-order chi connectivity index (χ0) is 24.4. The molecular weight excluding hydrogens is 436 g/mol. The number of pyridine rings is 1. The molecule has 5 rings (SSSR count). The standard InChI is InChI=1S/C29H36N4O2/c1-21-6-8-26(9-7-21)29(11-4-3-5-12-29)28(35)33-15-14-32(22(2)34)19-24(20-33)16-23-17-25-10-13-30-27(25)31-18-23/h6-10,13,17-18,24H,3-5,11-12,14-16,19-20H2,1-2H3,(H,30,31)/t24-/m1/s1. The summed E-state index contributed by atoms with van der Waals surface area (Å²) in [6, 6.07) is 12.8. The van der Waals surface area contributed by atoms with E-state index >= 15 is 0 Å². The maximum atomic E-state index is 14.3. The van der Waals surface area contributed by atoms with E-state index in [0.29, 0.717) is 26.2 Å². The van der Waals surface area contributed by atoms with E-state index in [0.717, 1.165) is 54.3 Å². The summed E-state index contributed by atoms with van der Waals surface area (Å²) in [6.07, 6.45) is 9.77. The van der Waals surface area contributed by atoms with Crippen LogP contribution >= 0.6 is 0 Å². The molecule has 35 heavy (non-hydrogen) atoms. The van der Waals surface area contributed by atoms with Crippen molar-refractivity contribution in [3.8, 4) is 0 Å². The lowest BCUT2D eigenvalue weighted by Crippen LogP contribution is -2.50. The smallest absolute Gasteiger partial charge is 0.233 e. The molecule has 1 saturated carbocycles. The lowest BCUT2D eigenvalue weighted by atomic mass is 9.68. The van der Waals surface area contributed by atoms with Gasteiger partial charge in [0.1, 0.15) is 5.65 Å². The van der Waals surface area contributed by atoms with Crippen LogP contribution in [0.2, 0.25) is 0 Å². The molecule has 1 saturated heterocycles. The Morgan fingerprint density at radius 2 is 1.74 bits per heavy atom. The van der Waals surface area contributed by atoms with Gasteiger partial charge in [-0.3, -0.25) is 9.59 Å². The largest absolute Gasteiger partial charge is 0.346 e. The van der Waals surface area contributed by atoms with Crippen LogP contribution in [0.25, 0.3) is 11.0 Å². The normalized spacial score (nSPS) is 20.6. The Morgan fingerprint density at radius 3 is 2.49 bits per heavy atom. The number of fused-ring (bicyclic) bond motifs is 1. The Labute approximate surface area is 207 Å². The van der Waals surface area contributed by atoms with Gasteiger partial charge in [0.25, 0.3) is 0 Å². The molecule has 3 aromatic rings. The summed E-state index contributed by atoms with van der Waals surface area (Å²) < 4.78 is 0. The zero-order valence-electron chi connectivity index (χ0n) is 20.9. The summed E-state index contributed by atoms with van der Waals surface area (Å²) in [5.41, 5.74) is 3.94. The summed E-state index contributed by atoms with van der Waals surface area (Å²) in [5, 5.41) is 1.09. The Kier molecular flexibility index (Phi) is 6.63. The fourth-order valence-corrected chi connectivity index (χ4v) is 6.09. The van der Waals surface area contributed by atoms with Gasteiger partial charge in [0, 0.05) is 50.9 Å². The average molecular weight is 473 g/mol. The van der Waals surface area contributed by atoms with Gasteiger partial charge in [0.05, 0.1) is 5.41 Å². The predicted octanol–water partition coefficient (Wildman–Crippen LogP) is 4.62. The number of H-pyrrole nitrogens is 1. The lowest BCUT2D eigenvalue weighted by Gasteiger charge is -2.40. The van der Waals surface area contributed by atoms with Crippen molar-refractivity contribution in [3.05, 3.63) is 65.5 Å². The van der Waals surface area contributed by atoms with E-state index in [1.807, 2.05) is 23.4 Å². The van der Waals surface area contributed by atoms with Crippen LogP contribution in [0.5, 0.6) is 0 Å². The minimum atomic E-state index is -0.451. The molecule has 2 amide bonds. The van der Waals surface area contributed by atoms with Crippen molar-refractivity contribution < 1.29 is 9.59 Å². The second-order valence-electron chi connectivity index (χ2n) is 10.6. The molecule has 184 valence electrons. The number of benzene rings is 1. The molecule has 0 spiro atoms. The van der Waals surface area contributed by atoms with Crippen molar-refractivity contribution in [3.63, 3.8) is 0 Å². The van der Waals surface area contributed by atoms with Crippen LogP contribution in [0.3, 0.4) is 0 Å². The molecule has 0 unspecified atom stereocenters. The number of hydrogen-bond acceptors (Lipinski definition) is 3. The predicted molar refractivity (Wildman–Crippen MR) is 138 cm³/mol. The molecular formula is C29H36N4O2. The fourth-order valence-electron chi connectivity index (χ4n) is 6.09. The van der Waals surface area contributed by atoms with E-state index in [4.69, 9.17) is 0 Å². The summed E-state index contributed by atoms with van der Waals surface area (Å²) in [6.45, 7) is 6.25. The maximum absolute atomic E-state index is 14.3. The topological polar surface area (TPSA) is 69.3 Å². The average Bonchev–Trinajstić information content (AvgIpc) is 3.23. The fraction of sp³-hybridized carbons (Fsp3) is 0.483. The van der Waals surface area contributed by atoms with Gasteiger partial charge in [-0.05, 0) is 55.4 Å². The highest BCUT2D eigenvalue weighted by Crippen LogP contribution is 2.41. The minimum Gasteiger partial charge on any atom is -0.346 e. The van der Waals surface area contributed by atoms with Gasteiger partial charge in [-0.2, -0.15) is 0 Å². The van der Waals surface area contributed by atoms with Gasteiger partial charge >= 0.3 is 0 Å². The van der Waals surface area contributed by atoms with Crippen molar-refractivity contribution in [2.45, 2.75) is 57.8 Å². The number of aryl methyl sites for hydroxylation is 1. The van der Waals surface area contributed by atoms with Crippen LogP contribution in [0.15, 0.2) is 48.8 Å². The number of hydrogen-bond donors (Lipinski definition) is 1. The molecule has 1 aliphatic carbocycles. The molecule has 3 heterocycles. The first kappa shape index (κ1) is 23.6. The Morgan fingerprint density at radius 1 is 1.03 bits per heavy atom. The molecule has 1 aromatic carbocycles. The third-order valence-electron chi connectivity index (χ3n) is 8.03. The molecule has 2 aliphatic rings. The van der Waals surface area contributed by atoms with Crippen molar-refractivity contribution in [2.24, 2.45) is 5.92 Å². The lowest BCUT2D eigenvalue weighted by molar-refractivity contribution is -0.139. The maximum Gasteiger partial charge on any atom is 0.233 e. The van der Waals surface area contributed by atoms with Crippen LogP contribution < -0.4 is 0 Å². The number of rotatable bonds is 4. The van der Waals surface area contributed by atoms with Gasteiger partial charge < -0.3 is 14.8 Å². The second kappa shape index (κ2) is 9.84. The third kappa shape index (κ3) is 4.84. The highest BCUT2D eigenvalue weighted by atomic mass is 16.2. The molecule has 2 fully saturated rings. The zero-order valence-corrected chi connectivity index (χ0v) is 20.9. The van der Waals surface area contributed by atoms with Gasteiger partial charge in [0.15, 0.2) is 0 Å². The summed E-state index contributed by atoms with van der Waals surface area (Å²) in [4.78, 5) is 38.4. The van der Waals surface area contributed by atoms with Crippen molar-refractivity contribution in [2.75, 3.05) is 26.2 Å². The summed E-state index contributed by atoms with van der Waals surface area (Å²) in [7, 11) is 0. The molecule has 1 N–H and O–H groups in total. The number of amides is 2. The molecule has 2 aromatic heterocycles. The van der Waals surface area contributed by atoms with E-state index in [1.54, 1.807) is 6.92 Å². The highest BCUT2D eigenvalue weighted by Gasteiger charge is 2.44. The summed E-state index contributed by atoms with van der Waals surface area (Å²) >= 11 is 0. The van der Waals surface area contributed by atoms with Crippen molar-refractivity contribution in [1.82, 2.24) is 19.8 Å². The molecule has 0 bridgehead atoms. The number of carbonyl (C=O) groups excluding carboxylic acids is 2. The minimum absolute atomic E-state index is 0.0782. The van der Waals surface area contributed by atoms with Crippen LogP contribution in [-0.2, 0) is 21.4 Å². The van der Waals surface area contributed by atoms with E-state index in [9.17, 15) is 9.59 Å². The SMILES string of the molecule is CC(=O)N1CCN(C(=O)C2(c3ccc(C)cc3)CCCCC2)C[C@H](Cc2cnc3[nH]ccc3c2)C1. The van der Waals surface area contributed by atoms with Crippen LogP contribution in [0.1, 0.15) is 55.7 Å². The molecule has 1 atom stereocenters. The van der Waals surface area contributed by atoms with E-state index in [1.165, 1.54) is 12.0 Å². The number of nitrogens with zero attached hydrogens (tertiary/aromatic N) is 3. The molecule has 1 aliphatic heterocycles.